The smallest absolute Gasteiger partial charge is 0.0578 e. The van der Waals surface area contributed by atoms with Crippen molar-refractivity contribution in [3.63, 3.8) is 0 Å². The second-order valence-corrected chi connectivity index (χ2v) is 12.6. The number of hydrogen-bond donors (Lipinski definition) is 1. The number of anilines is 1. The minimum atomic E-state index is 0.400. The van der Waals surface area contributed by atoms with Crippen molar-refractivity contribution < 1.29 is 0 Å². The van der Waals surface area contributed by atoms with Gasteiger partial charge in [0.1, 0.15) is 0 Å². The predicted molar refractivity (Wildman–Crippen MR) is 183 cm³/mol. The fourth-order valence-electron chi connectivity index (χ4n) is 6.74. The highest BCUT2D eigenvalue weighted by atomic mass is 15.2. The van der Waals surface area contributed by atoms with Crippen LogP contribution < -0.4 is 5.32 Å². The highest BCUT2D eigenvalue weighted by Gasteiger charge is 2.36. The van der Waals surface area contributed by atoms with E-state index in [-0.39, 0.29) is 0 Å². The fraction of sp³-hybridized carbons (Fsp3) is 0.590. The minimum Gasteiger partial charge on any atom is -0.379 e. The van der Waals surface area contributed by atoms with Crippen LogP contribution in [0.4, 0.5) is 5.69 Å². The normalized spacial score (nSPS) is 19.0. The molecule has 2 heteroatoms. The molecule has 2 nitrogen and oxygen atoms in total. The van der Waals surface area contributed by atoms with E-state index in [1.165, 1.54) is 117 Å². The summed E-state index contributed by atoms with van der Waals surface area (Å²) >= 11 is 0. The molecule has 1 aromatic carbocycles. The van der Waals surface area contributed by atoms with Gasteiger partial charge in [-0.3, -0.25) is 0 Å². The summed E-state index contributed by atoms with van der Waals surface area (Å²) in [6.45, 7) is 22.2. The van der Waals surface area contributed by atoms with Crippen molar-refractivity contribution in [2.24, 2.45) is 5.92 Å². The number of benzene rings is 1. The zero-order valence-corrected chi connectivity index (χ0v) is 27.1. The van der Waals surface area contributed by atoms with E-state index in [4.69, 9.17) is 6.58 Å². The quantitative estimate of drug-likeness (QED) is 0.104. The van der Waals surface area contributed by atoms with Crippen LogP contribution in [0.2, 0.25) is 0 Å². The maximum Gasteiger partial charge on any atom is 0.0578 e. The number of unbranched alkanes of at least 4 members (excludes halogenated alkanes) is 8. The molecule has 0 spiro atoms. The summed E-state index contributed by atoms with van der Waals surface area (Å²) in [6, 6.07) is 5.44. The summed E-state index contributed by atoms with van der Waals surface area (Å²) in [5.41, 5.74) is 9.38. The first-order chi connectivity index (χ1) is 19.9. The summed E-state index contributed by atoms with van der Waals surface area (Å²) in [5, 5.41) is 4.16. The van der Waals surface area contributed by atoms with Gasteiger partial charge in [-0.1, -0.05) is 121 Å². The summed E-state index contributed by atoms with van der Waals surface area (Å²) in [4.78, 5) is 2.51. The molecule has 0 fully saturated rings. The average Bonchev–Trinajstić information content (AvgIpc) is 3.36. The van der Waals surface area contributed by atoms with E-state index in [2.05, 4.69) is 81.6 Å². The van der Waals surface area contributed by atoms with Crippen molar-refractivity contribution in [1.29, 1.82) is 0 Å². The van der Waals surface area contributed by atoms with Crippen LogP contribution in [0.5, 0.6) is 0 Å². The Labute approximate surface area is 253 Å². The summed E-state index contributed by atoms with van der Waals surface area (Å²) in [7, 11) is 0. The van der Waals surface area contributed by atoms with Crippen molar-refractivity contribution in [2.45, 2.75) is 143 Å². The fourth-order valence-corrected chi connectivity index (χ4v) is 6.74. The largest absolute Gasteiger partial charge is 0.379 e. The summed E-state index contributed by atoms with van der Waals surface area (Å²) in [5.74, 6) is 0.594. The Morgan fingerprint density at radius 1 is 1.02 bits per heavy atom. The number of hydrogen-bond acceptors (Lipinski definition) is 2. The third-order valence-corrected chi connectivity index (χ3v) is 9.46. The first kappa shape index (κ1) is 33.0. The van der Waals surface area contributed by atoms with Crippen molar-refractivity contribution in [1.82, 2.24) is 4.90 Å². The monoisotopic (exact) mass is 556 g/mol. The molecule has 0 saturated heterocycles. The molecule has 2 aliphatic rings. The Kier molecular flexibility index (Phi) is 14.1. The molecule has 0 saturated carbocycles. The molecular formula is C39H60N2. The Bertz CT molecular complexity index is 1060. The van der Waals surface area contributed by atoms with Gasteiger partial charge in [0.25, 0.3) is 0 Å². The molecule has 41 heavy (non-hydrogen) atoms. The van der Waals surface area contributed by atoms with Crippen LogP contribution in [0.3, 0.4) is 0 Å². The van der Waals surface area contributed by atoms with Gasteiger partial charge in [0.15, 0.2) is 0 Å². The molecule has 2 heterocycles. The van der Waals surface area contributed by atoms with Gasteiger partial charge < -0.3 is 10.2 Å². The lowest BCUT2D eigenvalue weighted by Crippen LogP contribution is -2.39. The Balaban J connectivity index is 1.85. The van der Waals surface area contributed by atoms with Gasteiger partial charge in [0.2, 0.25) is 0 Å². The van der Waals surface area contributed by atoms with Crippen molar-refractivity contribution >= 4 is 11.4 Å². The molecule has 1 aromatic rings. The molecule has 3 atom stereocenters. The van der Waals surface area contributed by atoms with Gasteiger partial charge >= 0.3 is 0 Å². The molecule has 0 radical (unpaired) electrons. The van der Waals surface area contributed by atoms with Crippen molar-refractivity contribution in [3.8, 4) is 0 Å². The minimum absolute atomic E-state index is 0.400. The van der Waals surface area contributed by atoms with Gasteiger partial charge in [-0.05, 0) is 80.9 Å². The van der Waals surface area contributed by atoms with E-state index in [1.54, 1.807) is 0 Å². The van der Waals surface area contributed by atoms with Crippen LogP contribution in [0.25, 0.3) is 5.70 Å². The van der Waals surface area contributed by atoms with Crippen LogP contribution in [-0.4, -0.2) is 17.0 Å². The highest BCUT2D eigenvalue weighted by Crippen LogP contribution is 2.42. The Morgan fingerprint density at radius 3 is 2.51 bits per heavy atom. The topological polar surface area (TPSA) is 15.3 Å². The van der Waals surface area contributed by atoms with Gasteiger partial charge in [0, 0.05) is 29.2 Å². The molecule has 3 rings (SSSR count). The van der Waals surface area contributed by atoms with Gasteiger partial charge in [-0.2, -0.15) is 0 Å². The van der Waals surface area contributed by atoms with Crippen LogP contribution in [0, 0.1) is 12.8 Å². The van der Waals surface area contributed by atoms with E-state index >= 15 is 0 Å². The molecule has 3 unspecified atom stereocenters. The first-order valence-corrected chi connectivity index (χ1v) is 17.0. The molecule has 0 aliphatic carbocycles. The predicted octanol–water partition coefficient (Wildman–Crippen LogP) is 11.7. The lowest BCUT2D eigenvalue weighted by Gasteiger charge is -2.31. The lowest BCUT2D eigenvalue weighted by molar-refractivity contribution is 0.350. The lowest BCUT2D eigenvalue weighted by atomic mass is 9.91. The second-order valence-electron chi connectivity index (χ2n) is 12.6. The Hall–Kier alpha value is -2.48. The van der Waals surface area contributed by atoms with Gasteiger partial charge in [0.05, 0.1) is 6.04 Å². The summed E-state index contributed by atoms with van der Waals surface area (Å²) < 4.78 is 0. The van der Waals surface area contributed by atoms with E-state index in [0.717, 1.165) is 25.0 Å². The van der Waals surface area contributed by atoms with Crippen LogP contribution in [-0.2, 0) is 6.42 Å². The Morgan fingerprint density at radius 2 is 1.78 bits per heavy atom. The van der Waals surface area contributed by atoms with Crippen molar-refractivity contribution in [2.75, 3.05) is 5.32 Å². The molecule has 0 bridgehead atoms. The third-order valence-electron chi connectivity index (χ3n) is 9.46. The molecule has 226 valence electrons. The number of fused-ring (bicyclic) bond motifs is 2. The van der Waals surface area contributed by atoms with E-state index in [0.29, 0.717) is 18.0 Å². The van der Waals surface area contributed by atoms with Crippen LogP contribution >= 0.6 is 0 Å². The number of allylic oxidation sites excluding steroid dienone is 4. The van der Waals surface area contributed by atoms with Crippen molar-refractivity contribution in [3.05, 3.63) is 84.1 Å². The van der Waals surface area contributed by atoms with E-state index in [1.807, 2.05) is 6.08 Å². The van der Waals surface area contributed by atoms with Crippen LogP contribution in [0.15, 0.2) is 67.4 Å². The maximum atomic E-state index is 4.70. The SMILES string of the molecule is C=CCCCCCc1c(C)ccc2c1NC(CCCCCCC)C1CC(/C=C/C(=C)C(CC)CCCC)=CN1C2=C. The van der Waals surface area contributed by atoms with E-state index < -0.39 is 0 Å². The second kappa shape index (κ2) is 17.5. The molecule has 1 N–H and O–H groups in total. The first-order valence-electron chi connectivity index (χ1n) is 17.0. The highest BCUT2D eigenvalue weighted by molar-refractivity contribution is 5.80. The maximum absolute atomic E-state index is 4.70. The molecule has 0 aromatic heterocycles. The molecule has 2 aliphatic heterocycles. The number of rotatable bonds is 19. The zero-order valence-electron chi connectivity index (χ0n) is 27.1. The standard InChI is InChI=1S/C39H60N2/c1-8-12-15-17-19-22-35-31(6)25-27-36-32(7)41-29-33(26-24-30(5)34(11-4)21-14-10-3)28-38(41)37(40-39(35)36)23-20-18-16-13-9-2/h8,24-27,29,34,37-38,40H,1,5,7,9-23,28H2,2-4,6H3/b26-24+. The molecule has 0 amide bonds. The number of aryl methyl sites for hydroxylation is 1. The van der Waals surface area contributed by atoms with Gasteiger partial charge in [-0.15, -0.1) is 6.58 Å². The third kappa shape index (κ3) is 9.25. The number of nitrogens with zero attached hydrogens (tertiary/aromatic N) is 1. The molecular weight excluding hydrogens is 496 g/mol. The van der Waals surface area contributed by atoms with E-state index in [9.17, 15) is 0 Å². The van der Waals surface area contributed by atoms with Crippen LogP contribution in [0.1, 0.15) is 134 Å². The van der Waals surface area contributed by atoms with Gasteiger partial charge in [-0.25, -0.2) is 0 Å². The average molecular weight is 557 g/mol. The zero-order chi connectivity index (χ0) is 29.6. The number of nitrogens with one attached hydrogen (secondary N) is 1. The summed E-state index contributed by atoms with van der Waals surface area (Å²) in [6.07, 6.45) is 28.9.